The van der Waals surface area contributed by atoms with Crippen molar-refractivity contribution in [3.63, 3.8) is 0 Å². The number of nitro benzene ring substituents is 1. The van der Waals surface area contributed by atoms with Crippen molar-refractivity contribution in [3.8, 4) is 0 Å². The van der Waals surface area contributed by atoms with Gasteiger partial charge < -0.3 is 15.4 Å². The second-order valence-corrected chi connectivity index (χ2v) is 6.61. The Labute approximate surface area is 133 Å². The lowest BCUT2D eigenvalue weighted by atomic mass is 9.86. The summed E-state index contributed by atoms with van der Waals surface area (Å²) < 4.78 is 18.5. The third kappa shape index (κ3) is 5.08. The third-order valence-electron chi connectivity index (χ3n) is 3.32. The number of carbonyl (C=O) groups is 1. The van der Waals surface area contributed by atoms with Crippen LogP contribution in [0.4, 0.5) is 20.6 Å². The molecule has 1 aromatic carbocycles. The summed E-state index contributed by atoms with van der Waals surface area (Å²) in [4.78, 5) is 21.7. The van der Waals surface area contributed by atoms with Crippen LogP contribution in [0, 0.1) is 15.9 Å². The first-order valence-electron chi connectivity index (χ1n) is 7.33. The minimum Gasteiger partial charge on any atom is -0.444 e. The summed E-state index contributed by atoms with van der Waals surface area (Å²) >= 11 is 0. The van der Waals surface area contributed by atoms with Gasteiger partial charge in [-0.1, -0.05) is 0 Å². The number of non-ortho nitro benzene ring substituents is 1. The number of halogens is 1. The highest BCUT2D eigenvalue weighted by Crippen LogP contribution is 2.27. The molecule has 23 heavy (non-hydrogen) atoms. The van der Waals surface area contributed by atoms with Gasteiger partial charge in [0.2, 0.25) is 0 Å². The van der Waals surface area contributed by atoms with Crippen molar-refractivity contribution in [1.82, 2.24) is 5.32 Å². The first-order valence-corrected chi connectivity index (χ1v) is 7.33. The molecule has 1 amide bonds. The van der Waals surface area contributed by atoms with Gasteiger partial charge >= 0.3 is 6.09 Å². The Balaban J connectivity index is 1.82. The molecule has 0 spiro atoms. The number of hydrogen-bond acceptors (Lipinski definition) is 5. The maximum Gasteiger partial charge on any atom is 0.407 e. The highest BCUT2D eigenvalue weighted by Gasteiger charge is 2.31. The normalized spacial score (nSPS) is 20.3. The van der Waals surface area contributed by atoms with Crippen LogP contribution in [0.1, 0.15) is 33.6 Å². The molecule has 8 heteroatoms. The zero-order chi connectivity index (χ0) is 17.2. The van der Waals surface area contributed by atoms with E-state index in [0.717, 1.165) is 6.07 Å². The molecule has 7 nitrogen and oxygen atoms in total. The zero-order valence-electron chi connectivity index (χ0n) is 13.3. The lowest BCUT2D eigenvalue weighted by Gasteiger charge is -2.37. The smallest absolute Gasteiger partial charge is 0.407 e. The van der Waals surface area contributed by atoms with Gasteiger partial charge in [0, 0.05) is 23.8 Å². The second kappa shape index (κ2) is 6.39. The van der Waals surface area contributed by atoms with Crippen LogP contribution in [0.5, 0.6) is 0 Å². The van der Waals surface area contributed by atoms with E-state index in [1.54, 1.807) is 20.8 Å². The van der Waals surface area contributed by atoms with E-state index in [4.69, 9.17) is 4.74 Å². The average Bonchev–Trinajstić information content (AvgIpc) is 2.33. The summed E-state index contributed by atoms with van der Waals surface area (Å²) in [6, 6.07) is 3.38. The van der Waals surface area contributed by atoms with Gasteiger partial charge in [-0.25, -0.2) is 9.18 Å². The van der Waals surface area contributed by atoms with Crippen LogP contribution in [0.3, 0.4) is 0 Å². The van der Waals surface area contributed by atoms with Crippen molar-refractivity contribution in [2.75, 3.05) is 5.32 Å². The standard InChI is InChI=1S/C15H20FN3O4/c1-15(2,3)23-14(20)18-12-6-11(7-12)17-10-4-9(16)5-13(8-10)19(21)22/h4-5,8,11-12,17H,6-7H2,1-3H3,(H,18,20). The number of carbonyl (C=O) groups excluding carboxylic acids is 1. The van der Waals surface area contributed by atoms with Gasteiger partial charge in [0.05, 0.1) is 11.0 Å². The van der Waals surface area contributed by atoms with E-state index >= 15 is 0 Å². The summed E-state index contributed by atoms with van der Waals surface area (Å²) in [6.07, 6.45) is 0.815. The van der Waals surface area contributed by atoms with E-state index in [-0.39, 0.29) is 17.8 Å². The van der Waals surface area contributed by atoms with Gasteiger partial charge in [-0.05, 0) is 39.7 Å². The van der Waals surface area contributed by atoms with E-state index in [1.165, 1.54) is 12.1 Å². The minimum absolute atomic E-state index is 0.0223. The van der Waals surface area contributed by atoms with Gasteiger partial charge in [-0.2, -0.15) is 0 Å². The van der Waals surface area contributed by atoms with Crippen LogP contribution in [-0.2, 0) is 4.74 Å². The molecular weight excluding hydrogens is 305 g/mol. The Morgan fingerprint density at radius 3 is 2.52 bits per heavy atom. The molecule has 0 unspecified atom stereocenters. The molecule has 1 aliphatic rings. The van der Waals surface area contributed by atoms with Crippen LogP contribution in [-0.4, -0.2) is 28.7 Å². The Morgan fingerprint density at radius 2 is 1.96 bits per heavy atom. The lowest BCUT2D eigenvalue weighted by Crippen LogP contribution is -2.50. The largest absolute Gasteiger partial charge is 0.444 e. The van der Waals surface area contributed by atoms with Gasteiger partial charge in [0.15, 0.2) is 0 Å². The first-order chi connectivity index (χ1) is 10.6. The molecule has 0 bridgehead atoms. The molecule has 0 heterocycles. The molecule has 0 atom stereocenters. The highest BCUT2D eigenvalue weighted by molar-refractivity contribution is 5.68. The molecule has 0 saturated heterocycles. The fraction of sp³-hybridized carbons (Fsp3) is 0.533. The molecule has 126 valence electrons. The van der Waals surface area contributed by atoms with Gasteiger partial charge in [-0.15, -0.1) is 0 Å². The number of benzene rings is 1. The molecule has 0 aliphatic heterocycles. The Kier molecular flexibility index (Phi) is 4.72. The first kappa shape index (κ1) is 17.0. The van der Waals surface area contributed by atoms with E-state index in [9.17, 15) is 19.3 Å². The van der Waals surface area contributed by atoms with Crippen LogP contribution in [0.15, 0.2) is 18.2 Å². The van der Waals surface area contributed by atoms with E-state index in [2.05, 4.69) is 10.6 Å². The van der Waals surface area contributed by atoms with Gasteiger partial charge in [-0.3, -0.25) is 10.1 Å². The number of nitrogens with zero attached hydrogens (tertiary/aromatic N) is 1. The number of nitro groups is 1. The maximum absolute atomic E-state index is 13.3. The van der Waals surface area contributed by atoms with E-state index in [1.807, 2.05) is 0 Å². The predicted octanol–water partition coefficient (Wildman–Crippen LogP) is 3.20. The van der Waals surface area contributed by atoms with Crippen molar-refractivity contribution in [2.45, 2.75) is 51.3 Å². The zero-order valence-corrected chi connectivity index (χ0v) is 13.3. The highest BCUT2D eigenvalue weighted by atomic mass is 19.1. The number of rotatable bonds is 4. The third-order valence-corrected chi connectivity index (χ3v) is 3.32. The summed E-state index contributed by atoms with van der Waals surface area (Å²) in [5.74, 6) is -0.663. The molecule has 0 radical (unpaired) electrons. The monoisotopic (exact) mass is 325 g/mol. The number of amides is 1. The summed E-state index contributed by atoms with van der Waals surface area (Å²) in [5.41, 5.74) is -0.487. The van der Waals surface area contributed by atoms with Crippen LogP contribution in [0.2, 0.25) is 0 Å². The van der Waals surface area contributed by atoms with Crippen molar-refractivity contribution >= 4 is 17.5 Å². The fourth-order valence-electron chi connectivity index (χ4n) is 2.33. The average molecular weight is 325 g/mol. The lowest BCUT2D eigenvalue weighted by molar-refractivity contribution is -0.385. The Hall–Kier alpha value is -2.38. The summed E-state index contributed by atoms with van der Waals surface area (Å²) in [7, 11) is 0. The molecule has 1 aliphatic carbocycles. The topological polar surface area (TPSA) is 93.5 Å². The molecule has 1 aromatic rings. The molecule has 1 saturated carbocycles. The molecule has 2 rings (SSSR count). The number of nitrogens with one attached hydrogen (secondary N) is 2. The van der Waals surface area contributed by atoms with Crippen molar-refractivity contribution < 1.29 is 18.8 Å². The quantitative estimate of drug-likeness (QED) is 0.655. The SMILES string of the molecule is CC(C)(C)OC(=O)NC1CC(Nc2cc(F)cc([N+](=O)[O-])c2)C1. The number of ether oxygens (including phenoxy) is 1. The van der Waals surface area contributed by atoms with Crippen molar-refractivity contribution in [1.29, 1.82) is 0 Å². The predicted molar refractivity (Wildman–Crippen MR) is 82.9 cm³/mol. The Morgan fingerprint density at radius 1 is 1.30 bits per heavy atom. The molecule has 1 fully saturated rings. The Bertz CT molecular complexity index is 609. The van der Waals surface area contributed by atoms with Gasteiger partial charge in [0.1, 0.15) is 11.4 Å². The summed E-state index contributed by atoms with van der Waals surface area (Å²) in [6.45, 7) is 5.36. The number of alkyl carbamates (subject to hydrolysis) is 1. The van der Waals surface area contributed by atoms with Gasteiger partial charge in [0.25, 0.3) is 5.69 Å². The number of anilines is 1. The fourth-order valence-corrected chi connectivity index (χ4v) is 2.33. The van der Waals surface area contributed by atoms with Crippen molar-refractivity contribution in [2.24, 2.45) is 0 Å². The van der Waals surface area contributed by atoms with Crippen LogP contribution < -0.4 is 10.6 Å². The maximum atomic E-state index is 13.3. The summed E-state index contributed by atoms with van der Waals surface area (Å²) in [5, 5.41) is 16.5. The van der Waals surface area contributed by atoms with Crippen LogP contribution in [0.25, 0.3) is 0 Å². The number of hydrogen-bond donors (Lipinski definition) is 2. The van der Waals surface area contributed by atoms with E-state index in [0.29, 0.717) is 18.5 Å². The van der Waals surface area contributed by atoms with Crippen molar-refractivity contribution in [3.05, 3.63) is 34.1 Å². The molecule has 2 N–H and O–H groups in total. The minimum atomic E-state index is -0.663. The second-order valence-electron chi connectivity index (χ2n) is 6.61. The molecular formula is C15H20FN3O4. The van der Waals surface area contributed by atoms with E-state index < -0.39 is 22.4 Å². The molecule has 0 aromatic heterocycles. The van der Waals surface area contributed by atoms with Crippen LogP contribution >= 0.6 is 0 Å².